The molecule has 1 aromatic rings. The van der Waals surface area contributed by atoms with Gasteiger partial charge in [0, 0.05) is 13.5 Å². The van der Waals surface area contributed by atoms with Gasteiger partial charge in [0.25, 0.3) is 0 Å². The maximum atomic E-state index is 11.1. The van der Waals surface area contributed by atoms with E-state index in [0.717, 1.165) is 11.3 Å². The zero-order chi connectivity index (χ0) is 10.7. The zero-order valence-electron chi connectivity index (χ0n) is 8.50. The Bertz CT molecular complexity index is 347. The quantitative estimate of drug-likeness (QED) is 0.572. The van der Waals surface area contributed by atoms with Crippen molar-refractivity contribution >= 4 is 17.6 Å². The molecule has 0 fully saturated rings. The van der Waals surface area contributed by atoms with Crippen LogP contribution in [0.3, 0.4) is 0 Å². The number of hydrogen-bond acceptors (Lipinski definition) is 3. The second-order valence-corrected chi connectivity index (χ2v) is 3.22. The third-order valence-corrected chi connectivity index (χ3v) is 2.19. The largest absolute Gasteiger partial charge is 0.407 e. The van der Waals surface area contributed by atoms with Gasteiger partial charge < -0.3 is 4.74 Å². The van der Waals surface area contributed by atoms with Crippen LogP contribution in [0.2, 0.25) is 0 Å². The number of ether oxygens (including phenoxy) is 1. The number of alkyl halides is 1. The van der Waals surface area contributed by atoms with Crippen LogP contribution in [0.1, 0.15) is 24.6 Å². The summed E-state index contributed by atoms with van der Waals surface area (Å²) in [5.74, 6) is 0.468. The number of aryl methyl sites for hydroxylation is 2. The number of carbonyl (C=O) groups excluding carboxylic acids is 1. The van der Waals surface area contributed by atoms with Crippen LogP contribution in [0.4, 0.5) is 0 Å². The van der Waals surface area contributed by atoms with E-state index >= 15 is 0 Å². The van der Waals surface area contributed by atoms with Gasteiger partial charge in [0.15, 0.2) is 0 Å². The van der Waals surface area contributed by atoms with Crippen molar-refractivity contribution in [1.29, 1.82) is 0 Å². The number of aromatic nitrogens is 2. The summed E-state index contributed by atoms with van der Waals surface area (Å²) in [4.78, 5) is 11.1. The summed E-state index contributed by atoms with van der Waals surface area (Å²) in [5, 5.41) is 4.12. The Morgan fingerprint density at radius 3 is 2.79 bits per heavy atom. The van der Waals surface area contributed by atoms with Gasteiger partial charge in [-0.3, -0.25) is 4.79 Å². The monoisotopic (exact) mass is 216 g/mol. The number of halogens is 1. The molecule has 0 unspecified atom stereocenters. The molecule has 0 amide bonds. The Labute approximate surface area is 87.8 Å². The highest BCUT2D eigenvalue weighted by molar-refractivity contribution is 6.17. The highest BCUT2D eigenvalue weighted by atomic mass is 35.5. The van der Waals surface area contributed by atoms with E-state index < -0.39 is 0 Å². The molecule has 1 aromatic heterocycles. The van der Waals surface area contributed by atoms with Crippen LogP contribution in [-0.4, -0.2) is 15.7 Å². The normalized spacial score (nSPS) is 10.3. The van der Waals surface area contributed by atoms with Crippen molar-refractivity contribution in [3.63, 3.8) is 0 Å². The molecule has 78 valence electrons. The predicted molar refractivity (Wildman–Crippen MR) is 53.4 cm³/mol. The molecular weight excluding hydrogens is 204 g/mol. The standard InChI is InChI=1S/C9H13ClN2O2/c1-4-8(13)14-9-7(5-10)6(2)11-12(9)3/h4-5H2,1-3H3. The first-order chi connectivity index (χ1) is 6.60. The molecule has 0 bridgehead atoms. The lowest BCUT2D eigenvalue weighted by atomic mass is 10.3. The van der Waals surface area contributed by atoms with Gasteiger partial charge in [0.2, 0.25) is 5.88 Å². The number of rotatable bonds is 3. The number of carbonyl (C=O) groups is 1. The smallest absolute Gasteiger partial charge is 0.312 e. The summed E-state index contributed by atoms with van der Waals surface area (Å²) >= 11 is 5.73. The summed E-state index contributed by atoms with van der Waals surface area (Å²) < 4.78 is 6.64. The minimum atomic E-state index is -0.278. The van der Waals surface area contributed by atoms with Crippen molar-refractivity contribution in [2.75, 3.05) is 0 Å². The molecule has 1 rings (SSSR count). The maximum Gasteiger partial charge on any atom is 0.312 e. The van der Waals surface area contributed by atoms with E-state index in [9.17, 15) is 4.79 Å². The number of nitrogens with zero attached hydrogens (tertiary/aromatic N) is 2. The van der Waals surface area contributed by atoms with Crippen LogP contribution in [0.5, 0.6) is 5.88 Å². The van der Waals surface area contributed by atoms with Gasteiger partial charge in [-0.05, 0) is 6.92 Å². The fourth-order valence-electron chi connectivity index (χ4n) is 1.14. The topological polar surface area (TPSA) is 44.1 Å². The van der Waals surface area contributed by atoms with Crippen molar-refractivity contribution in [3.05, 3.63) is 11.3 Å². The third-order valence-electron chi connectivity index (χ3n) is 1.92. The van der Waals surface area contributed by atoms with Crippen LogP contribution < -0.4 is 4.74 Å². The molecule has 0 N–H and O–H groups in total. The highest BCUT2D eigenvalue weighted by Crippen LogP contribution is 2.23. The molecule has 0 saturated carbocycles. The minimum Gasteiger partial charge on any atom is -0.407 e. The first-order valence-electron chi connectivity index (χ1n) is 4.39. The average molecular weight is 217 g/mol. The Hall–Kier alpha value is -1.03. The molecule has 0 aromatic carbocycles. The molecule has 5 heteroatoms. The molecule has 0 saturated heterocycles. The SMILES string of the molecule is CCC(=O)Oc1c(CCl)c(C)nn1C. The number of esters is 1. The lowest BCUT2D eigenvalue weighted by molar-refractivity contribution is -0.134. The summed E-state index contributed by atoms with van der Waals surface area (Å²) in [7, 11) is 1.72. The molecule has 0 spiro atoms. The van der Waals surface area contributed by atoms with E-state index in [1.807, 2.05) is 6.92 Å². The highest BCUT2D eigenvalue weighted by Gasteiger charge is 2.15. The first-order valence-corrected chi connectivity index (χ1v) is 4.92. The lowest BCUT2D eigenvalue weighted by Gasteiger charge is -2.04. The molecule has 0 radical (unpaired) electrons. The van der Waals surface area contributed by atoms with Gasteiger partial charge in [-0.1, -0.05) is 6.92 Å². The Kier molecular flexibility index (Phi) is 3.52. The van der Waals surface area contributed by atoms with Crippen LogP contribution in [-0.2, 0) is 17.7 Å². The van der Waals surface area contributed by atoms with Crippen LogP contribution in [0.15, 0.2) is 0 Å². The van der Waals surface area contributed by atoms with Gasteiger partial charge >= 0.3 is 5.97 Å². The summed E-state index contributed by atoms with van der Waals surface area (Å²) in [6.45, 7) is 3.58. The van der Waals surface area contributed by atoms with E-state index in [-0.39, 0.29) is 5.97 Å². The fourth-order valence-corrected chi connectivity index (χ4v) is 1.45. The van der Waals surface area contributed by atoms with Crippen LogP contribution >= 0.6 is 11.6 Å². The maximum absolute atomic E-state index is 11.1. The van der Waals surface area contributed by atoms with Crippen LogP contribution in [0, 0.1) is 6.92 Å². The minimum absolute atomic E-state index is 0.278. The van der Waals surface area contributed by atoms with Crippen LogP contribution in [0.25, 0.3) is 0 Å². The van der Waals surface area contributed by atoms with E-state index in [1.165, 1.54) is 4.68 Å². The van der Waals surface area contributed by atoms with Gasteiger partial charge in [-0.2, -0.15) is 5.10 Å². The first kappa shape index (κ1) is 11.0. The van der Waals surface area contributed by atoms with Gasteiger partial charge in [0.05, 0.1) is 17.1 Å². The molecule has 0 aliphatic carbocycles. The van der Waals surface area contributed by atoms with E-state index in [2.05, 4.69) is 5.10 Å². The van der Waals surface area contributed by atoms with Crippen molar-refractivity contribution in [1.82, 2.24) is 9.78 Å². The molecule has 4 nitrogen and oxygen atoms in total. The molecule has 0 aliphatic heterocycles. The van der Waals surface area contributed by atoms with Crippen molar-refractivity contribution < 1.29 is 9.53 Å². The van der Waals surface area contributed by atoms with E-state index in [0.29, 0.717) is 18.2 Å². The van der Waals surface area contributed by atoms with E-state index in [1.54, 1.807) is 14.0 Å². The second-order valence-electron chi connectivity index (χ2n) is 2.95. The number of hydrogen-bond donors (Lipinski definition) is 0. The molecule has 14 heavy (non-hydrogen) atoms. The summed E-state index contributed by atoms with van der Waals surface area (Å²) in [6, 6.07) is 0. The van der Waals surface area contributed by atoms with Crippen molar-refractivity contribution in [2.45, 2.75) is 26.1 Å². The lowest BCUT2D eigenvalue weighted by Crippen LogP contribution is -2.09. The summed E-state index contributed by atoms with van der Waals surface area (Å²) in [5.41, 5.74) is 1.57. The molecule has 0 atom stereocenters. The van der Waals surface area contributed by atoms with Gasteiger partial charge in [-0.25, -0.2) is 4.68 Å². The second kappa shape index (κ2) is 4.46. The fraction of sp³-hybridized carbons (Fsp3) is 0.556. The predicted octanol–water partition coefficient (Wildman–Crippen LogP) is 1.78. The molecular formula is C9H13ClN2O2. The third kappa shape index (κ3) is 2.07. The van der Waals surface area contributed by atoms with Gasteiger partial charge in [-0.15, -0.1) is 11.6 Å². The Balaban J connectivity index is 3.00. The Morgan fingerprint density at radius 1 is 1.64 bits per heavy atom. The zero-order valence-corrected chi connectivity index (χ0v) is 9.26. The van der Waals surface area contributed by atoms with E-state index in [4.69, 9.17) is 16.3 Å². The molecule has 0 aliphatic rings. The van der Waals surface area contributed by atoms with Crippen molar-refractivity contribution in [2.24, 2.45) is 7.05 Å². The molecule has 1 heterocycles. The Morgan fingerprint density at radius 2 is 2.29 bits per heavy atom. The van der Waals surface area contributed by atoms with Gasteiger partial charge in [0.1, 0.15) is 0 Å². The average Bonchev–Trinajstić information content (AvgIpc) is 2.41. The van der Waals surface area contributed by atoms with Crippen molar-refractivity contribution in [3.8, 4) is 5.88 Å². The summed E-state index contributed by atoms with van der Waals surface area (Å²) in [6.07, 6.45) is 0.339.